The summed E-state index contributed by atoms with van der Waals surface area (Å²) < 4.78 is 4.57. The van der Waals surface area contributed by atoms with Crippen molar-refractivity contribution in [3.05, 3.63) is 194 Å². The van der Waals surface area contributed by atoms with Gasteiger partial charge in [-0.05, 0) is 65.0 Å². The largest absolute Gasteiger partial charge is 0.278 e. The molecule has 0 aliphatic rings. The molecule has 12 aromatic rings. The Bertz CT molecular complexity index is 3510. The molecule has 0 N–H and O–H groups in total. The number of hydrogen-bond acceptors (Lipinski definition) is 4. The number of imidazole rings is 1. The molecule has 58 heavy (non-hydrogen) atoms. The third-order valence-corrected chi connectivity index (χ3v) is 11.3. The molecule has 0 spiro atoms. The van der Waals surface area contributed by atoms with Gasteiger partial charge >= 0.3 is 0 Å². The van der Waals surface area contributed by atoms with Gasteiger partial charge in [0.2, 0.25) is 5.95 Å². The van der Waals surface area contributed by atoms with Gasteiger partial charge in [0.15, 0.2) is 5.82 Å². The van der Waals surface area contributed by atoms with E-state index in [1.54, 1.807) is 0 Å². The fraction of sp³-hybridized carbons (Fsp3) is 0. The van der Waals surface area contributed by atoms with Crippen molar-refractivity contribution in [3.63, 3.8) is 0 Å². The van der Waals surface area contributed by atoms with E-state index in [9.17, 15) is 0 Å². The molecule has 6 nitrogen and oxygen atoms in total. The number of aromatic nitrogens is 6. The second kappa shape index (κ2) is 12.8. The minimum atomic E-state index is 0.698. The number of nitrogens with zero attached hydrogens (tertiary/aromatic N) is 6. The van der Waals surface area contributed by atoms with E-state index in [0.717, 1.165) is 105 Å². The predicted molar refractivity (Wildman–Crippen MR) is 237 cm³/mol. The van der Waals surface area contributed by atoms with Crippen molar-refractivity contribution in [2.75, 3.05) is 0 Å². The molecule has 0 radical (unpaired) electrons. The first-order chi connectivity index (χ1) is 28.8. The van der Waals surface area contributed by atoms with Crippen LogP contribution in [-0.2, 0) is 0 Å². The molecule has 270 valence electrons. The smallest absolute Gasteiger partial charge is 0.221 e. The maximum atomic E-state index is 5.43. The second-order valence-electron chi connectivity index (χ2n) is 14.7. The topological polar surface area (TPSA) is 60.9 Å². The lowest BCUT2D eigenvalue weighted by Crippen LogP contribution is -2.06. The zero-order valence-corrected chi connectivity index (χ0v) is 31.2. The lowest BCUT2D eigenvalue weighted by molar-refractivity contribution is 0.982. The molecule has 0 bridgehead atoms. The van der Waals surface area contributed by atoms with E-state index in [0.29, 0.717) is 5.82 Å². The van der Waals surface area contributed by atoms with Crippen LogP contribution in [0.1, 0.15) is 0 Å². The van der Waals surface area contributed by atoms with Crippen molar-refractivity contribution >= 4 is 60.2 Å². The van der Waals surface area contributed by atoms with Crippen molar-refractivity contribution in [3.8, 4) is 51.0 Å². The fourth-order valence-corrected chi connectivity index (χ4v) is 8.66. The molecule has 12 rings (SSSR count). The van der Waals surface area contributed by atoms with E-state index in [2.05, 4.69) is 167 Å². The van der Waals surface area contributed by atoms with Gasteiger partial charge in [0.25, 0.3) is 0 Å². The van der Waals surface area contributed by atoms with Gasteiger partial charge in [-0.2, -0.15) is 0 Å². The molecular formula is C52H32N6. The molecule has 4 aromatic heterocycles. The quantitative estimate of drug-likeness (QED) is 0.176. The van der Waals surface area contributed by atoms with Crippen LogP contribution in [0.5, 0.6) is 0 Å². The molecule has 0 aliphatic heterocycles. The summed E-state index contributed by atoms with van der Waals surface area (Å²) in [5.41, 5.74) is 13.0. The van der Waals surface area contributed by atoms with Crippen molar-refractivity contribution in [1.82, 2.24) is 28.9 Å². The van der Waals surface area contributed by atoms with Crippen LogP contribution in [0.4, 0.5) is 0 Å². The maximum Gasteiger partial charge on any atom is 0.221 e. The van der Waals surface area contributed by atoms with Crippen molar-refractivity contribution in [1.29, 1.82) is 0 Å². The molecule has 6 heteroatoms. The predicted octanol–water partition coefficient (Wildman–Crippen LogP) is 12.7. The molecule has 0 saturated carbocycles. The van der Waals surface area contributed by atoms with E-state index in [1.165, 1.54) is 0 Å². The standard InChI is InChI=1S/C52H32N6/c1-3-16-33(17-4-1)45-32-46(54-50(53-45)34-18-5-2-6-19-34)36-21-15-20-35(30-36)41-31-42-38-23-10-13-28-47(38)57(49(42)39-24-8-7-22-37(39)41)52-56-43-26-11-9-25-40(43)51-55-44-27-12-14-29-48(44)58(51)52/h1-32H. The zero-order valence-electron chi connectivity index (χ0n) is 31.2. The molecule has 0 aliphatic carbocycles. The van der Waals surface area contributed by atoms with Crippen LogP contribution in [-0.4, -0.2) is 28.9 Å². The molecule has 0 unspecified atom stereocenters. The van der Waals surface area contributed by atoms with Crippen LogP contribution in [0.25, 0.3) is 111 Å². The van der Waals surface area contributed by atoms with Gasteiger partial charge in [-0.15, -0.1) is 0 Å². The highest BCUT2D eigenvalue weighted by Gasteiger charge is 2.23. The molecule has 0 amide bonds. The minimum Gasteiger partial charge on any atom is -0.278 e. The van der Waals surface area contributed by atoms with Crippen molar-refractivity contribution < 1.29 is 0 Å². The summed E-state index contributed by atoms with van der Waals surface area (Å²) in [6.07, 6.45) is 0. The first kappa shape index (κ1) is 32.3. The lowest BCUT2D eigenvalue weighted by Gasteiger charge is -2.15. The van der Waals surface area contributed by atoms with Gasteiger partial charge in [-0.1, -0.05) is 146 Å². The van der Waals surface area contributed by atoms with Crippen LogP contribution < -0.4 is 0 Å². The van der Waals surface area contributed by atoms with Crippen LogP contribution in [0, 0.1) is 0 Å². The van der Waals surface area contributed by atoms with E-state index in [-0.39, 0.29) is 0 Å². The first-order valence-corrected chi connectivity index (χ1v) is 19.5. The van der Waals surface area contributed by atoms with Crippen LogP contribution in [0.2, 0.25) is 0 Å². The Balaban J connectivity index is 1.12. The average Bonchev–Trinajstić information content (AvgIpc) is 3.86. The van der Waals surface area contributed by atoms with Gasteiger partial charge in [0.1, 0.15) is 5.65 Å². The highest BCUT2D eigenvalue weighted by molar-refractivity contribution is 6.22. The number of benzene rings is 8. The van der Waals surface area contributed by atoms with Gasteiger partial charge in [0.05, 0.1) is 39.0 Å². The monoisotopic (exact) mass is 740 g/mol. The third kappa shape index (κ3) is 4.98. The summed E-state index contributed by atoms with van der Waals surface area (Å²) >= 11 is 0. The Kier molecular flexibility index (Phi) is 7.13. The minimum absolute atomic E-state index is 0.698. The van der Waals surface area contributed by atoms with Crippen LogP contribution in [0.3, 0.4) is 0 Å². The lowest BCUT2D eigenvalue weighted by atomic mass is 9.93. The Morgan fingerprint density at radius 2 is 0.931 bits per heavy atom. The summed E-state index contributed by atoms with van der Waals surface area (Å²) in [5.74, 6) is 1.50. The Morgan fingerprint density at radius 1 is 0.345 bits per heavy atom. The number of fused-ring (bicyclic) bond motifs is 10. The van der Waals surface area contributed by atoms with Gasteiger partial charge in [-0.3, -0.25) is 8.97 Å². The highest BCUT2D eigenvalue weighted by atomic mass is 15.2. The van der Waals surface area contributed by atoms with E-state index >= 15 is 0 Å². The molecule has 0 saturated heterocycles. The summed E-state index contributed by atoms with van der Waals surface area (Å²) in [6.45, 7) is 0. The van der Waals surface area contributed by atoms with Crippen LogP contribution in [0.15, 0.2) is 194 Å². The van der Waals surface area contributed by atoms with Crippen molar-refractivity contribution in [2.24, 2.45) is 0 Å². The Hall–Kier alpha value is -7.96. The summed E-state index contributed by atoms with van der Waals surface area (Å²) in [6, 6.07) is 67.8. The van der Waals surface area contributed by atoms with E-state index in [4.69, 9.17) is 19.9 Å². The first-order valence-electron chi connectivity index (χ1n) is 19.5. The third-order valence-electron chi connectivity index (χ3n) is 11.3. The summed E-state index contributed by atoms with van der Waals surface area (Å²) in [4.78, 5) is 20.8. The molecule has 0 fully saturated rings. The SMILES string of the molecule is c1ccc(-c2cc(-c3cccc(-c4cc5c6ccccc6n(-c6nc7ccccc7c7nc8ccccc8n67)c5c5ccccc45)c3)nc(-c3ccccc3)n2)cc1. The van der Waals surface area contributed by atoms with E-state index in [1.807, 2.05) is 36.4 Å². The molecular weight excluding hydrogens is 709 g/mol. The number of rotatable bonds is 5. The normalized spacial score (nSPS) is 11.8. The Labute approximate surface area is 333 Å². The fourth-order valence-electron chi connectivity index (χ4n) is 8.66. The van der Waals surface area contributed by atoms with Gasteiger partial charge in [0, 0.05) is 38.2 Å². The highest BCUT2D eigenvalue weighted by Crippen LogP contribution is 2.42. The average molecular weight is 741 g/mol. The summed E-state index contributed by atoms with van der Waals surface area (Å²) in [5, 5.41) is 5.63. The van der Waals surface area contributed by atoms with Crippen LogP contribution >= 0.6 is 0 Å². The summed E-state index contributed by atoms with van der Waals surface area (Å²) in [7, 11) is 0. The molecule has 4 heterocycles. The van der Waals surface area contributed by atoms with Gasteiger partial charge in [-0.25, -0.2) is 19.9 Å². The van der Waals surface area contributed by atoms with Gasteiger partial charge < -0.3 is 0 Å². The number of hydrogen-bond donors (Lipinski definition) is 0. The van der Waals surface area contributed by atoms with Crippen molar-refractivity contribution in [2.45, 2.75) is 0 Å². The van der Waals surface area contributed by atoms with E-state index < -0.39 is 0 Å². The Morgan fingerprint density at radius 3 is 1.72 bits per heavy atom. The second-order valence-corrected chi connectivity index (χ2v) is 14.7. The molecule has 0 atom stereocenters. The zero-order chi connectivity index (χ0) is 38.2. The molecule has 8 aromatic carbocycles. The maximum absolute atomic E-state index is 5.43. The number of para-hydroxylation sites is 4.